The van der Waals surface area contributed by atoms with Gasteiger partial charge in [-0.15, -0.1) is 0 Å². The number of hydrogen-bond donors (Lipinski definition) is 1. The summed E-state index contributed by atoms with van der Waals surface area (Å²) in [5, 5.41) is 0. The van der Waals surface area contributed by atoms with Crippen molar-refractivity contribution in [3.05, 3.63) is 64.6 Å². The summed E-state index contributed by atoms with van der Waals surface area (Å²) in [4.78, 5) is 17.1. The highest BCUT2D eigenvalue weighted by atomic mass is 32.2. The van der Waals surface area contributed by atoms with Crippen molar-refractivity contribution in [3.8, 4) is 0 Å². The molecule has 0 unspecified atom stereocenters. The molecular formula is C20H21F2N3O3S. The fourth-order valence-corrected chi connectivity index (χ4v) is 4.64. The van der Waals surface area contributed by atoms with Crippen LogP contribution in [0.1, 0.15) is 24.4 Å². The zero-order valence-electron chi connectivity index (χ0n) is 15.6. The number of para-hydroxylation sites is 2. The lowest BCUT2D eigenvalue weighted by atomic mass is 10.0. The Morgan fingerprint density at radius 2 is 1.69 bits per heavy atom. The number of alkyl halides is 2. The minimum atomic E-state index is -4.56. The quantitative estimate of drug-likeness (QED) is 0.687. The van der Waals surface area contributed by atoms with Crippen LogP contribution in [0.15, 0.2) is 58.2 Å². The summed E-state index contributed by atoms with van der Waals surface area (Å²) in [6, 6.07) is 13.4. The SMILES string of the molecule is O=c1[nH]c2ccccc2n1C1CCN(Cc2ccc(S(=O)(=O)C(F)F)cc2)CC1. The lowest BCUT2D eigenvalue weighted by Gasteiger charge is -2.32. The molecule has 0 atom stereocenters. The fourth-order valence-electron chi connectivity index (χ4n) is 3.92. The van der Waals surface area contributed by atoms with Gasteiger partial charge >= 0.3 is 11.4 Å². The number of H-pyrrole nitrogens is 1. The van der Waals surface area contributed by atoms with Crippen LogP contribution in [-0.4, -0.2) is 41.7 Å². The van der Waals surface area contributed by atoms with Crippen LogP contribution in [0.5, 0.6) is 0 Å². The van der Waals surface area contributed by atoms with Gasteiger partial charge in [-0.2, -0.15) is 8.78 Å². The van der Waals surface area contributed by atoms with Gasteiger partial charge in [0, 0.05) is 25.7 Å². The number of aromatic amines is 1. The molecule has 1 N–H and O–H groups in total. The Bertz CT molecular complexity index is 1160. The molecule has 0 aliphatic carbocycles. The first-order valence-corrected chi connectivity index (χ1v) is 10.9. The first-order valence-electron chi connectivity index (χ1n) is 9.39. The highest BCUT2D eigenvalue weighted by molar-refractivity contribution is 7.91. The molecule has 1 aromatic heterocycles. The van der Waals surface area contributed by atoms with Gasteiger partial charge in [0.15, 0.2) is 0 Å². The molecule has 1 aliphatic heterocycles. The van der Waals surface area contributed by atoms with Gasteiger partial charge < -0.3 is 4.98 Å². The molecular weight excluding hydrogens is 400 g/mol. The van der Waals surface area contributed by atoms with Gasteiger partial charge in [0.1, 0.15) is 0 Å². The molecule has 0 saturated carbocycles. The van der Waals surface area contributed by atoms with Crippen LogP contribution >= 0.6 is 0 Å². The number of halogens is 2. The minimum Gasteiger partial charge on any atom is -0.306 e. The standard InChI is InChI=1S/C20H21F2N3O3S/c21-19(22)29(27,28)16-7-5-14(6-8-16)13-24-11-9-15(10-12-24)25-18-4-2-1-3-17(18)23-20(25)26/h1-8,15,19H,9-13H2,(H,23,26). The Morgan fingerprint density at radius 3 is 2.34 bits per heavy atom. The van der Waals surface area contributed by atoms with Gasteiger partial charge in [-0.25, -0.2) is 13.2 Å². The number of imidazole rings is 1. The van der Waals surface area contributed by atoms with Crippen molar-refractivity contribution in [2.45, 2.75) is 36.1 Å². The first kappa shape index (κ1) is 19.8. The van der Waals surface area contributed by atoms with Crippen LogP contribution in [-0.2, 0) is 16.4 Å². The molecule has 1 aliphatic rings. The first-order chi connectivity index (χ1) is 13.9. The van der Waals surface area contributed by atoms with E-state index in [2.05, 4.69) is 9.88 Å². The van der Waals surface area contributed by atoms with Crippen molar-refractivity contribution < 1.29 is 17.2 Å². The average Bonchev–Trinajstić information content (AvgIpc) is 3.04. The van der Waals surface area contributed by atoms with E-state index in [0.29, 0.717) is 6.54 Å². The van der Waals surface area contributed by atoms with Gasteiger partial charge in [-0.1, -0.05) is 24.3 Å². The van der Waals surface area contributed by atoms with E-state index in [-0.39, 0.29) is 16.6 Å². The fraction of sp³-hybridized carbons (Fsp3) is 0.350. The number of aromatic nitrogens is 2. The summed E-state index contributed by atoms with van der Waals surface area (Å²) in [5.41, 5.74) is 2.51. The number of benzene rings is 2. The lowest BCUT2D eigenvalue weighted by molar-refractivity contribution is 0.180. The van der Waals surface area contributed by atoms with Crippen molar-refractivity contribution in [1.29, 1.82) is 0 Å². The van der Waals surface area contributed by atoms with Crippen LogP contribution in [0.4, 0.5) is 8.78 Å². The molecule has 1 fully saturated rings. The predicted molar refractivity (Wildman–Crippen MR) is 106 cm³/mol. The number of piperidine rings is 1. The van der Waals surface area contributed by atoms with Crippen molar-refractivity contribution in [2.24, 2.45) is 0 Å². The van der Waals surface area contributed by atoms with E-state index in [4.69, 9.17) is 0 Å². The Kier molecular flexibility index (Phi) is 5.26. The summed E-state index contributed by atoms with van der Waals surface area (Å²) in [7, 11) is -4.56. The van der Waals surface area contributed by atoms with Gasteiger partial charge in [0.2, 0.25) is 9.84 Å². The maximum absolute atomic E-state index is 12.6. The number of sulfone groups is 1. The number of rotatable bonds is 5. The number of nitrogens with zero attached hydrogens (tertiary/aromatic N) is 2. The Labute approximate surface area is 166 Å². The van der Waals surface area contributed by atoms with E-state index in [1.807, 2.05) is 28.8 Å². The third kappa shape index (κ3) is 3.84. The van der Waals surface area contributed by atoms with E-state index in [1.54, 1.807) is 12.1 Å². The van der Waals surface area contributed by atoms with E-state index >= 15 is 0 Å². The third-order valence-corrected chi connectivity index (χ3v) is 6.84. The Balaban J connectivity index is 1.41. The van der Waals surface area contributed by atoms with Gasteiger partial charge in [0.05, 0.1) is 15.9 Å². The molecule has 3 aromatic rings. The lowest BCUT2D eigenvalue weighted by Crippen LogP contribution is -2.36. The molecule has 1 saturated heterocycles. The molecule has 0 spiro atoms. The van der Waals surface area contributed by atoms with Crippen LogP contribution in [0.2, 0.25) is 0 Å². The molecule has 0 radical (unpaired) electrons. The average molecular weight is 421 g/mol. The largest absolute Gasteiger partial charge is 0.341 e. The van der Waals surface area contributed by atoms with Crippen LogP contribution in [0.25, 0.3) is 11.0 Å². The second-order valence-corrected chi connectivity index (χ2v) is 9.19. The molecule has 154 valence electrons. The van der Waals surface area contributed by atoms with Crippen molar-refractivity contribution in [1.82, 2.24) is 14.5 Å². The molecule has 2 aromatic carbocycles. The topological polar surface area (TPSA) is 75.2 Å². The third-order valence-electron chi connectivity index (χ3n) is 5.44. The number of hydrogen-bond acceptors (Lipinski definition) is 4. The maximum atomic E-state index is 12.6. The monoisotopic (exact) mass is 421 g/mol. The minimum absolute atomic E-state index is 0.0968. The zero-order valence-corrected chi connectivity index (χ0v) is 16.4. The van der Waals surface area contributed by atoms with E-state index < -0.39 is 15.6 Å². The van der Waals surface area contributed by atoms with Gasteiger partial charge in [-0.3, -0.25) is 9.47 Å². The van der Waals surface area contributed by atoms with Crippen LogP contribution in [0, 0.1) is 0 Å². The molecule has 6 nitrogen and oxygen atoms in total. The van der Waals surface area contributed by atoms with Crippen LogP contribution < -0.4 is 5.69 Å². The van der Waals surface area contributed by atoms with Gasteiger partial charge in [0.25, 0.3) is 0 Å². The number of likely N-dealkylation sites (tertiary alicyclic amines) is 1. The maximum Gasteiger partial charge on any atom is 0.341 e. The summed E-state index contributed by atoms with van der Waals surface area (Å²) in [5.74, 6) is -3.42. The normalized spacial score (nSPS) is 16.7. The van der Waals surface area contributed by atoms with Crippen LogP contribution in [0.3, 0.4) is 0 Å². The molecule has 2 heterocycles. The van der Waals surface area contributed by atoms with E-state index in [0.717, 1.165) is 42.5 Å². The predicted octanol–water partition coefficient (Wildman–Crippen LogP) is 3.16. The molecule has 4 rings (SSSR count). The second kappa shape index (κ2) is 7.72. The Hall–Kier alpha value is -2.52. The van der Waals surface area contributed by atoms with Crippen molar-refractivity contribution in [2.75, 3.05) is 13.1 Å². The van der Waals surface area contributed by atoms with Gasteiger partial charge in [-0.05, 0) is 42.7 Å². The smallest absolute Gasteiger partial charge is 0.306 e. The summed E-state index contributed by atoms with van der Waals surface area (Å²) in [6.45, 7) is 2.17. The van der Waals surface area contributed by atoms with Crippen molar-refractivity contribution in [3.63, 3.8) is 0 Å². The number of nitrogens with one attached hydrogen (secondary N) is 1. The highest BCUT2D eigenvalue weighted by Gasteiger charge is 2.27. The van der Waals surface area contributed by atoms with E-state index in [9.17, 15) is 22.0 Å². The molecule has 0 bridgehead atoms. The molecule has 29 heavy (non-hydrogen) atoms. The second-order valence-electron chi connectivity index (χ2n) is 7.27. The number of fused-ring (bicyclic) bond motifs is 1. The molecule has 9 heteroatoms. The Morgan fingerprint density at radius 1 is 1.03 bits per heavy atom. The highest BCUT2D eigenvalue weighted by Crippen LogP contribution is 2.26. The summed E-state index contributed by atoms with van der Waals surface area (Å²) < 4.78 is 50.1. The van der Waals surface area contributed by atoms with Crippen molar-refractivity contribution >= 4 is 20.9 Å². The van der Waals surface area contributed by atoms with E-state index in [1.165, 1.54) is 12.1 Å². The summed E-state index contributed by atoms with van der Waals surface area (Å²) >= 11 is 0. The zero-order chi connectivity index (χ0) is 20.6. The molecule has 0 amide bonds. The summed E-state index contributed by atoms with van der Waals surface area (Å²) in [6.07, 6.45) is 1.64.